The van der Waals surface area contributed by atoms with Crippen LogP contribution in [0.5, 0.6) is 0 Å². The Morgan fingerprint density at radius 3 is 2.56 bits per heavy atom. The molecular weight excluding hydrogens is 204 g/mol. The van der Waals surface area contributed by atoms with E-state index in [1.165, 1.54) is 6.08 Å². The van der Waals surface area contributed by atoms with Crippen LogP contribution in [0.1, 0.15) is 12.5 Å². The van der Waals surface area contributed by atoms with E-state index in [-0.39, 0.29) is 0 Å². The van der Waals surface area contributed by atoms with Crippen LogP contribution in [0.3, 0.4) is 0 Å². The summed E-state index contributed by atoms with van der Waals surface area (Å²) in [5.74, 6) is -0.435. The first-order valence-corrected chi connectivity index (χ1v) is 5.04. The molecule has 1 aromatic rings. The van der Waals surface area contributed by atoms with Gasteiger partial charge in [0.25, 0.3) is 5.91 Å². The summed E-state index contributed by atoms with van der Waals surface area (Å²) in [4.78, 5) is 22.2. The third-order valence-electron chi connectivity index (χ3n) is 1.80. The molecule has 2 N–H and O–H groups in total. The topological polar surface area (TPSA) is 58.2 Å². The number of benzene rings is 1. The van der Waals surface area contributed by atoms with Crippen molar-refractivity contribution in [2.45, 2.75) is 6.92 Å². The van der Waals surface area contributed by atoms with Crippen LogP contribution in [-0.2, 0) is 4.79 Å². The van der Waals surface area contributed by atoms with Gasteiger partial charge in [0, 0.05) is 12.6 Å². The monoisotopic (exact) mass is 218 g/mol. The Hall–Kier alpha value is -2.10. The number of nitrogens with one attached hydrogen (secondary N) is 2. The molecule has 0 aliphatic carbocycles. The van der Waals surface area contributed by atoms with Crippen LogP contribution < -0.4 is 10.6 Å². The van der Waals surface area contributed by atoms with Gasteiger partial charge in [0.2, 0.25) is 0 Å². The fourth-order valence-corrected chi connectivity index (χ4v) is 1.09. The van der Waals surface area contributed by atoms with Gasteiger partial charge in [-0.3, -0.25) is 10.1 Å². The molecule has 0 aromatic heterocycles. The Balaban J connectivity index is 2.46. The normalized spacial score (nSPS) is 10.1. The second-order valence-electron chi connectivity index (χ2n) is 3.09. The molecular formula is C12H14N2O2. The first-order valence-electron chi connectivity index (χ1n) is 5.04. The van der Waals surface area contributed by atoms with Crippen molar-refractivity contribution in [1.29, 1.82) is 0 Å². The predicted octanol–water partition coefficient (Wildman–Crippen LogP) is 1.55. The van der Waals surface area contributed by atoms with Crippen molar-refractivity contribution >= 4 is 18.0 Å². The lowest BCUT2D eigenvalue weighted by atomic mass is 10.2. The minimum absolute atomic E-state index is 0.435. The third-order valence-corrected chi connectivity index (χ3v) is 1.80. The molecule has 1 aromatic carbocycles. The summed E-state index contributed by atoms with van der Waals surface area (Å²) >= 11 is 0. The van der Waals surface area contributed by atoms with E-state index in [0.29, 0.717) is 6.54 Å². The van der Waals surface area contributed by atoms with Gasteiger partial charge in [-0.1, -0.05) is 30.3 Å². The summed E-state index contributed by atoms with van der Waals surface area (Å²) in [7, 11) is 0. The Bertz CT molecular complexity index is 385. The summed E-state index contributed by atoms with van der Waals surface area (Å²) in [5, 5.41) is 4.65. The lowest BCUT2D eigenvalue weighted by molar-refractivity contribution is -0.115. The van der Waals surface area contributed by atoms with Gasteiger partial charge < -0.3 is 5.32 Å². The number of carbonyl (C=O) groups is 2. The smallest absolute Gasteiger partial charge is 0.321 e. The fraction of sp³-hybridized carbons (Fsp3) is 0.167. The van der Waals surface area contributed by atoms with E-state index in [1.807, 2.05) is 30.3 Å². The van der Waals surface area contributed by atoms with E-state index in [9.17, 15) is 9.59 Å². The number of imide groups is 1. The first-order chi connectivity index (χ1) is 7.72. The molecule has 3 amide bonds. The molecule has 0 radical (unpaired) electrons. The zero-order chi connectivity index (χ0) is 11.8. The highest BCUT2D eigenvalue weighted by Crippen LogP contribution is 2.00. The second-order valence-corrected chi connectivity index (χ2v) is 3.09. The largest absolute Gasteiger partial charge is 0.338 e. The quantitative estimate of drug-likeness (QED) is 0.756. The highest BCUT2D eigenvalue weighted by molar-refractivity contribution is 6.02. The van der Waals surface area contributed by atoms with Crippen molar-refractivity contribution in [2.75, 3.05) is 6.54 Å². The van der Waals surface area contributed by atoms with Crippen molar-refractivity contribution in [1.82, 2.24) is 10.6 Å². The molecule has 1 rings (SSSR count). The molecule has 0 heterocycles. The van der Waals surface area contributed by atoms with E-state index in [0.717, 1.165) is 5.56 Å². The number of carbonyl (C=O) groups excluding carboxylic acids is 2. The molecule has 4 heteroatoms. The van der Waals surface area contributed by atoms with E-state index < -0.39 is 11.9 Å². The number of amides is 3. The molecule has 0 saturated carbocycles. The van der Waals surface area contributed by atoms with Crippen molar-refractivity contribution < 1.29 is 9.59 Å². The zero-order valence-electron chi connectivity index (χ0n) is 9.07. The fourth-order valence-electron chi connectivity index (χ4n) is 1.09. The predicted molar refractivity (Wildman–Crippen MR) is 62.7 cm³/mol. The first kappa shape index (κ1) is 12.0. The zero-order valence-corrected chi connectivity index (χ0v) is 9.07. The Morgan fingerprint density at radius 2 is 1.94 bits per heavy atom. The molecule has 0 aliphatic rings. The number of urea groups is 1. The van der Waals surface area contributed by atoms with Crippen LogP contribution in [0.4, 0.5) is 4.79 Å². The molecule has 0 unspecified atom stereocenters. The average Bonchev–Trinajstić information content (AvgIpc) is 2.28. The molecule has 16 heavy (non-hydrogen) atoms. The molecule has 0 fully saturated rings. The van der Waals surface area contributed by atoms with Gasteiger partial charge in [-0.25, -0.2) is 4.79 Å². The van der Waals surface area contributed by atoms with Crippen LogP contribution in [0, 0.1) is 0 Å². The molecule has 0 saturated heterocycles. The maximum Gasteiger partial charge on any atom is 0.321 e. The van der Waals surface area contributed by atoms with E-state index in [1.54, 1.807) is 13.0 Å². The maximum atomic E-state index is 11.2. The van der Waals surface area contributed by atoms with Crippen LogP contribution in [0.25, 0.3) is 6.08 Å². The van der Waals surface area contributed by atoms with Crippen LogP contribution in [-0.4, -0.2) is 18.5 Å². The van der Waals surface area contributed by atoms with Gasteiger partial charge in [-0.05, 0) is 18.6 Å². The average molecular weight is 218 g/mol. The van der Waals surface area contributed by atoms with Gasteiger partial charge >= 0.3 is 6.03 Å². The standard InChI is InChI=1S/C12H14N2O2/c1-2-13-12(16)14-11(15)9-8-10-6-4-3-5-7-10/h3-9H,2H2,1H3,(H2,13,14,15,16)/b9-8+. The van der Waals surface area contributed by atoms with Gasteiger partial charge in [-0.2, -0.15) is 0 Å². The molecule has 0 bridgehead atoms. The summed E-state index contributed by atoms with van der Waals surface area (Å²) in [6.07, 6.45) is 2.97. The molecule has 0 spiro atoms. The van der Waals surface area contributed by atoms with E-state index in [4.69, 9.17) is 0 Å². The van der Waals surface area contributed by atoms with Gasteiger partial charge in [-0.15, -0.1) is 0 Å². The van der Waals surface area contributed by atoms with Crippen molar-refractivity contribution in [3.8, 4) is 0 Å². The highest BCUT2D eigenvalue weighted by Gasteiger charge is 2.01. The lowest BCUT2D eigenvalue weighted by Gasteiger charge is -2.00. The Kier molecular flexibility index (Phi) is 4.79. The molecule has 0 aliphatic heterocycles. The van der Waals surface area contributed by atoms with Crippen LogP contribution in [0.2, 0.25) is 0 Å². The maximum absolute atomic E-state index is 11.2. The SMILES string of the molecule is CCNC(=O)NC(=O)/C=C/c1ccccc1. The number of hydrogen-bond acceptors (Lipinski definition) is 2. The summed E-state index contributed by atoms with van der Waals surface area (Å²) in [5.41, 5.74) is 0.911. The van der Waals surface area contributed by atoms with Crippen LogP contribution in [0.15, 0.2) is 36.4 Å². The number of hydrogen-bond donors (Lipinski definition) is 2. The van der Waals surface area contributed by atoms with Gasteiger partial charge in [0.15, 0.2) is 0 Å². The van der Waals surface area contributed by atoms with Crippen molar-refractivity contribution in [3.63, 3.8) is 0 Å². The minimum Gasteiger partial charge on any atom is -0.338 e. The van der Waals surface area contributed by atoms with E-state index in [2.05, 4.69) is 10.6 Å². The Labute approximate surface area is 94.4 Å². The Morgan fingerprint density at radius 1 is 1.25 bits per heavy atom. The van der Waals surface area contributed by atoms with Crippen molar-refractivity contribution in [2.24, 2.45) is 0 Å². The summed E-state index contributed by atoms with van der Waals surface area (Å²) in [6, 6.07) is 8.91. The molecule has 84 valence electrons. The lowest BCUT2D eigenvalue weighted by Crippen LogP contribution is -2.38. The summed E-state index contributed by atoms with van der Waals surface area (Å²) < 4.78 is 0. The minimum atomic E-state index is -0.481. The number of rotatable bonds is 3. The highest BCUT2D eigenvalue weighted by atomic mass is 16.2. The summed E-state index contributed by atoms with van der Waals surface area (Å²) in [6.45, 7) is 2.27. The second kappa shape index (κ2) is 6.40. The van der Waals surface area contributed by atoms with Crippen LogP contribution >= 0.6 is 0 Å². The third kappa shape index (κ3) is 4.41. The van der Waals surface area contributed by atoms with Gasteiger partial charge in [0.05, 0.1) is 0 Å². The van der Waals surface area contributed by atoms with Crippen molar-refractivity contribution in [3.05, 3.63) is 42.0 Å². The van der Waals surface area contributed by atoms with E-state index >= 15 is 0 Å². The van der Waals surface area contributed by atoms with Gasteiger partial charge in [0.1, 0.15) is 0 Å². The molecule has 4 nitrogen and oxygen atoms in total. The molecule has 0 atom stereocenters.